The van der Waals surface area contributed by atoms with Gasteiger partial charge >= 0.3 is 6.11 Å². The summed E-state index contributed by atoms with van der Waals surface area (Å²) in [6.07, 6.45) is 0.0591. The van der Waals surface area contributed by atoms with E-state index >= 15 is 17.6 Å². The number of benzene rings is 5. The molecule has 0 atom stereocenters. The van der Waals surface area contributed by atoms with Crippen LogP contribution in [-0.4, -0.2) is 5.16 Å². The molecule has 10 heteroatoms. The number of halogens is 7. The first kappa shape index (κ1) is 33.6. The fourth-order valence-corrected chi connectivity index (χ4v) is 5.25. The van der Waals surface area contributed by atoms with Crippen molar-refractivity contribution in [3.8, 4) is 39.1 Å². The number of thiocarbonyl (C=S) groups is 1. The number of rotatable bonds is 11. The SMILES string of the molecule is CCCCCc1ccc(-c2ccc(-c3ccc(C(F)(F)Oc4ccc(-c5cc(F)c(N=C=S)c(F)c5)c(F)c4)c(F)c3)c(F)c2)cc1. The number of unbranched alkanes of at least 4 members (excludes halogenated alkanes) is 2. The molecule has 0 spiro atoms. The predicted octanol–water partition coefficient (Wildman–Crippen LogP) is 12.0. The lowest BCUT2D eigenvalue weighted by molar-refractivity contribution is -0.187. The second kappa shape index (κ2) is 14.3. The maximum atomic E-state index is 15.2. The molecule has 0 aromatic heterocycles. The quantitative estimate of drug-likeness (QED) is 0.0606. The Kier molecular flexibility index (Phi) is 10.2. The largest absolute Gasteiger partial charge is 0.429 e. The molecule has 0 aliphatic heterocycles. The summed E-state index contributed by atoms with van der Waals surface area (Å²) in [5.41, 5.74) is 0.181. The summed E-state index contributed by atoms with van der Waals surface area (Å²) in [7, 11) is 0. The standard InChI is InChI=1S/C37H26F7NOS/c1-2-3-4-5-22-6-8-23(9-7-22)24-10-13-28(31(38)16-24)25-11-15-30(33(40)17-25)37(43,44)46-27-12-14-29(32(39)20-27)26-18-34(41)36(45-21-47)35(42)19-26/h6-20H,2-5H2,1H3. The Balaban J connectivity index is 1.32. The number of alkyl halides is 2. The van der Waals surface area contributed by atoms with E-state index in [1.165, 1.54) is 17.7 Å². The molecule has 0 N–H and O–H groups in total. The first-order valence-electron chi connectivity index (χ1n) is 14.6. The number of isothiocyanates is 1. The van der Waals surface area contributed by atoms with Crippen molar-refractivity contribution in [3.63, 3.8) is 0 Å². The molecule has 47 heavy (non-hydrogen) atoms. The summed E-state index contributed by atoms with van der Waals surface area (Å²) in [5, 5.41) is 1.83. The van der Waals surface area contributed by atoms with Crippen LogP contribution < -0.4 is 4.74 Å². The second-order valence-electron chi connectivity index (χ2n) is 10.8. The van der Waals surface area contributed by atoms with Crippen molar-refractivity contribution in [2.75, 3.05) is 0 Å². The fraction of sp³-hybridized carbons (Fsp3) is 0.162. The van der Waals surface area contributed by atoms with E-state index in [0.717, 1.165) is 73.7 Å². The molecule has 0 saturated heterocycles. The van der Waals surface area contributed by atoms with Gasteiger partial charge < -0.3 is 4.74 Å². The highest BCUT2D eigenvalue weighted by atomic mass is 32.1. The van der Waals surface area contributed by atoms with Gasteiger partial charge in [0.15, 0.2) is 11.6 Å². The predicted molar refractivity (Wildman–Crippen MR) is 171 cm³/mol. The Morgan fingerprint density at radius 2 is 1.21 bits per heavy atom. The van der Waals surface area contributed by atoms with Gasteiger partial charge in [-0.05, 0) is 95.3 Å². The summed E-state index contributed by atoms with van der Waals surface area (Å²) < 4.78 is 108. The van der Waals surface area contributed by atoms with Crippen molar-refractivity contribution in [2.24, 2.45) is 4.99 Å². The van der Waals surface area contributed by atoms with Crippen molar-refractivity contribution in [2.45, 2.75) is 38.7 Å². The highest BCUT2D eigenvalue weighted by molar-refractivity contribution is 7.78. The lowest BCUT2D eigenvalue weighted by atomic mass is 9.97. The zero-order chi connectivity index (χ0) is 33.7. The van der Waals surface area contributed by atoms with Gasteiger partial charge in [0, 0.05) is 17.2 Å². The monoisotopic (exact) mass is 665 g/mol. The van der Waals surface area contributed by atoms with E-state index in [1.807, 2.05) is 29.4 Å². The maximum absolute atomic E-state index is 15.2. The molecule has 0 aliphatic carbocycles. The van der Waals surface area contributed by atoms with Crippen LogP contribution in [0.5, 0.6) is 5.75 Å². The number of hydrogen-bond donors (Lipinski definition) is 0. The van der Waals surface area contributed by atoms with E-state index in [1.54, 1.807) is 6.07 Å². The molecule has 0 bridgehead atoms. The van der Waals surface area contributed by atoms with Crippen LogP contribution in [0.2, 0.25) is 0 Å². The average Bonchev–Trinajstić information content (AvgIpc) is 3.03. The van der Waals surface area contributed by atoms with Crippen molar-refractivity contribution >= 4 is 23.1 Å². The summed E-state index contributed by atoms with van der Waals surface area (Å²) in [6, 6.07) is 18.9. The van der Waals surface area contributed by atoms with Crippen molar-refractivity contribution in [3.05, 3.63) is 131 Å². The van der Waals surface area contributed by atoms with Crippen LogP contribution in [0.15, 0.2) is 96.0 Å². The molecular weight excluding hydrogens is 639 g/mol. The Morgan fingerprint density at radius 1 is 0.638 bits per heavy atom. The van der Waals surface area contributed by atoms with Gasteiger partial charge in [0.25, 0.3) is 0 Å². The number of nitrogens with zero attached hydrogens (tertiary/aromatic N) is 1. The third kappa shape index (κ3) is 7.62. The molecule has 0 fully saturated rings. The van der Waals surface area contributed by atoms with Crippen molar-refractivity contribution in [1.82, 2.24) is 0 Å². The van der Waals surface area contributed by atoms with Gasteiger partial charge in [-0.1, -0.05) is 62.2 Å². The van der Waals surface area contributed by atoms with Gasteiger partial charge in [-0.15, -0.1) is 0 Å². The Morgan fingerprint density at radius 3 is 1.83 bits per heavy atom. The molecule has 0 saturated carbocycles. The highest BCUT2D eigenvalue weighted by Gasteiger charge is 2.38. The zero-order valence-electron chi connectivity index (χ0n) is 24.9. The number of hydrogen-bond acceptors (Lipinski definition) is 3. The molecular formula is C37H26F7NOS. The molecule has 0 amide bonds. The van der Waals surface area contributed by atoms with Crippen molar-refractivity contribution in [1.29, 1.82) is 0 Å². The minimum atomic E-state index is -4.26. The molecule has 2 nitrogen and oxygen atoms in total. The molecule has 0 unspecified atom stereocenters. The molecule has 0 aliphatic rings. The number of aliphatic imine (C=N–C) groups is 1. The molecule has 0 radical (unpaired) electrons. The molecule has 5 aromatic carbocycles. The van der Waals surface area contributed by atoms with E-state index in [2.05, 4.69) is 28.9 Å². The van der Waals surface area contributed by atoms with Crippen LogP contribution in [0.1, 0.15) is 37.3 Å². The third-order valence-electron chi connectivity index (χ3n) is 7.59. The Hall–Kier alpha value is -4.79. The molecule has 5 rings (SSSR count). The molecule has 240 valence electrons. The summed E-state index contributed by atoms with van der Waals surface area (Å²) in [4.78, 5) is 3.27. The molecule has 0 heterocycles. The fourth-order valence-electron chi connectivity index (χ4n) is 5.16. The minimum Gasteiger partial charge on any atom is -0.429 e. The van der Waals surface area contributed by atoms with Crippen LogP contribution in [0.3, 0.4) is 0 Å². The summed E-state index contributed by atoms with van der Waals surface area (Å²) in [5.74, 6) is -6.14. The topological polar surface area (TPSA) is 21.6 Å². The van der Waals surface area contributed by atoms with Gasteiger partial charge in [-0.25, -0.2) is 22.0 Å². The van der Waals surface area contributed by atoms with Gasteiger partial charge in [0.1, 0.15) is 28.9 Å². The van der Waals surface area contributed by atoms with Gasteiger partial charge in [0.2, 0.25) is 0 Å². The van der Waals surface area contributed by atoms with Crippen LogP contribution in [0.25, 0.3) is 33.4 Å². The Labute approximate surface area is 272 Å². The van der Waals surface area contributed by atoms with Gasteiger partial charge in [-0.2, -0.15) is 13.8 Å². The van der Waals surface area contributed by atoms with Crippen LogP contribution in [0.4, 0.5) is 36.4 Å². The van der Waals surface area contributed by atoms with E-state index in [-0.39, 0.29) is 22.3 Å². The smallest absolute Gasteiger partial charge is 0.429 e. The first-order valence-corrected chi connectivity index (χ1v) is 15.0. The maximum Gasteiger partial charge on any atom is 0.429 e. The van der Waals surface area contributed by atoms with Gasteiger partial charge in [0.05, 0.1) is 10.7 Å². The average molecular weight is 666 g/mol. The Bertz CT molecular complexity index is 1950. The normalized spacial score (nSPS) is 11.3. The summed E-state index contributed by atoms with van der Waals surface area (Å²) >= 11 is 4.35. The highest BCUT2D eigenvalue weighted by Crippen LogP contribution is 2.38. The summed E-state index contributed by atoms with van der Waals surface area (Å²) in [6.45, 7) is 2.14. The molecule has 5 aromatic rings. The van der Waals surface area contributed by atoms with Crippen LogP contribution >= 0.6 is 12.2 Å². The van der Waals surface area contributed by atoms with E-state index < -0.39 is 52.2 Å². The number of aryl methyl sites for hydroxylation is 1. The lowest BCUT2D eigenvalue weighted by Crippen LogP contribution is -2.23. The zero-order valence-corrected chi connectivity index (χ0v) is 25.7. The number of ether oxygens (including phenoxy) is 1. The van der Waals surface area contributed by atoms with E-state index in [4.69, 9.17) is 0 Å². The van der Waals surface area contributed by atoms with E-state index in [0.29, 0.717) is 11.6 Å². The third-order valence-corrected chi connectivity index (χ3v) is 7.68. The van der Waals surface area contributed by atoms with Gasteiger partial charge in [-0.3, -0.25) is 0 Å². The van der Waals surface area contributed by atoms with Crippen LogP contribution in [0, 0.1) is 29.1 Å². The second-order valence-corrected chi connectivity index (χ2v) is 11.0. The lowest BCUT2D eigenvalue weighted by Gasteiger charge is -2.20. The van der Waals surface area contributed by atoms with E-state index in [9.17, 15) is 13.2 Å². The first-order chi connectivity index (χ1) is 22.5. The van der Waals surface area contributed by atoms with Crippen LogP contribution in [-0.2, 0) is 12.5 Å². The minimum absolute atomic E-state index is 0.00672. The van der Waals surface area contributed by atoms with Crippen molar-refractivity contribution < 1.29 is 35.5 Å².